The number of thioether (sulfide) groups is 1. The van der Waals surface area contributed by atoms with Crippen molar-refractivity contribution in [3.8, 4) is 6.07 Å². The number of nitriles is 1. The van der Waals surface area contributed by atoms with Crippen molar-refractivity contribution in [1.29, 1.82) is 5.26 Å². The Morgan fingerprint density at radius 3 is 3.00 bits per heavy atom. The summed E-state index contributed by atoms with van der Waals surface area (Å²) < 4.78 is 0. The van der Waals surface area contributed by atoms with Crippen LogP contribution in [0.4, 0.5) is 0 Å². The summed E-state index contributed by atoms with van der Waals surface area (Å²) in [6.45, 7) is 0. The smallest absolute Gasteiger partial charge is 0.0915 e. The zero-order valence-electron chi connectivity index (χ0n) is 8.79. The van der Waals surface area contributed by atoms with E-state index in [0.717, 1.165) is 12.8 Å². The lowest BCUT2D eigenvalue weighted by Gasteiger charge is -2.18. The molecule has 1 aromatic rings. The van der Waals surface area contributed by atoms with E-state index in [1.54, 1.807) is 17.8 Å². The standard InChI is InChI=1S/C13H13NS/c1-15-12-6-5-10-3-2-4-11(7-8-14)13(10)9-12/h5-7,9H,2-4H2,1H3. The van der Waals surface area contributed by atoms with Gasteiger partial charge in [0.15, 0.2) is 0 Å². The molecule has 1 nitrogen and oxygen atoms in total. The summed E-state index contributed by atoms with van der Waals surface area (Å²) in [6.07, 6.45) is 7.13. The number of allylic oxidation sites excluding steroid dienone is 2. The lowest BCUT2D eigenvalue weighted by molar-refractivity contribution is 0.820. The third kappa shape index (κ3) is 2.08. The number of hydrogen-bond donors (Lipinski definition) is 0. The van der Waals surface area contributed by atoms with Crippen LogP contribution in [0.5, 0.6) is 0 Å². The molecule has 0 heterocycles. The Bertz CT molecular complexity index is 440. The molecule has 0 aromatic heterocycles. The first-order valence-corrected chi connectivity index (χ1v) is 6.33. The largest absolute Gasteiger partial charge is 0.193 e. The monoisotopic (exact) mass is 215 g/mol. The third-order valence-electron chi connectivity index (χ3n) is 2.79. The molecule has 0 atom stereocenters. The van der Waals surface area contributed by atoms with Crippen LogP contribution < -0.4 is 0 Å². The van der Waals surface area contributed by atoms with Crippen LogP contribution in [0.15, 0.2) is 29.2 Å². The molecule has 0 saturated heterocycles. The number of benzene rings is 1. The van der Waals surface area contributed by atoms with Crippen LogP contribution in [0, 0.1) is 11.3 Å². The molecule has 0 saturated carbocycles. The van der Waals surface area contributed by atoms with Crippen LogP contribution in [-0.4, -0.2) is 6.26 Å². The number of fused-ring (bicyclic) bond motifs is 1. The van der Waals surface area contributed by atoms with Gasteiger partial charge in [0.05, 0.1) is 6.07 Å². The van der Waals surface area contributed by atoms with Gasteiger partial charge in [-0.25, -0.2) is 0 Å². The van der Waals surface area contributed by atoms with Crippen molar-refractivity contribution in [3.63, 3.8) is 0 Å². The normalized spacial score (nSPS) is 17.2. The first-order chi connectivity index (χ1) is 7.35. The molecule has 2 rings (SSSR count). The molecule has 1 aliphatic rings. The Hall–Kier alpha value is -1.20. The maximum Gasteiger partial charge on any atom is 0.0915 e. The summed E-state index contributed by atoms with van der Waals surface area (Å²) in [7, 11) is 0. The molecule has 76 valence electrons. The summed E-state index contributed by atoms with van der Waals surface area (Å²) in [5.41, 5.74) is 3.88. The van der Waals surface area contributed by atoms with Crippen molar-refractivity contribution in [3.05, 3.63) is 35.4 Å². The van der Waals surface area contributed by atoms with Gasteiger partial charge in [-0.1, -0.05) is 6.07 Å². The van der Waals surface area contributed by atoms with Gasteiger partial charge in [0.1, 0.15) is 0 Å². The minimum Gasteiger partial charge on any atom is -0.193 e. The summed E-state index contributed by atoms with van der Waals surface area (Å²) in [5, 5.41) is 8.74. The van der Waals surface area contributed by atoms with Gasteiger partial charge in [-0.3, -0.25) is 0 Å². The predicted molar refractivity (Wildman–Crippen MR) is 64.8 cm³/mol. The Kier molecular flexibility index (Phi) is 3.13. The quantitative estimate of drug-likeness (QED) is 0.527. The zero-order valence-corrected chi connectivity index (χ0v) is 9.60. The highest BCUT2D eigenvalue weighted by Crippen LogP contribution is 2.32. The zero-order chi connectivity index (χ0) is 10.7. The van der Waals surface area contributed by atoms with Gasteiger partial charge in [-0.2, -0.15) is 5.26 Å². The van der Waals surface area contributed by atoms with Gasteiger partial charge in [0.25, 0.3) is 0 Å². The topological polar surface area (TPSA) is 23.8 Å². The van der Waals surface area contributed by atoms with E-state index in [-0.39, 0.29) is 0 Å². The molecule has 0 fully saturated rings. The Morgan fingerprint density at radius 1 is 1.40 bits per heavy atom. The van der Waals surface area contributed by atoms with Crippen LogP contribution >= 0.6 is 11.8 Å². The number of nitrogens with zero attached hydrogens (tertiary/aromatic N) is 1. The van der Waals surface area contributed by atoms with Crippen LogP contribution in [-0.2, 0) is 6.42 Å². The summed E-state index contributed by atoms with van der Waals surface area (Å²) in [5.74, 6) is 0. The molecule has 0 unspecified atom stereocenters. The molecule has 1 aliphatic carbocycles. The van der Waals surface area contributed by atoms with Crippen LogP contribution in [0.3, 0.4) is 0 Å². The molecular formula is C13H13NS. The molecule has 1 aromatic carbocycles. The van der Waals surface area contributed by atoms with Crippen LogP contribution in [0.25, 0.3) is 5.57 Å². The fourth-order valence-corrected chi connectivity index (χ4v) is 2.47. The van der Waals surface area contributed by atoms with Crippen molar-refractivity contribution in [2.24, 2.45) is 0 Å². The average molecular weight is 215 g/mol. The molecule has 2 heteroatoms. The fraction of sp³-hybridized carbons (Fsp3) is 0.308. The highest BCUT2D eigenvalue weighted by atomic mass is 32.2. The van der Waals surface area contributed by atoms with Crippen molar-refractivity contribution in [1.82, 2.24) is 0 Å². The summed E-state index contributed by atoms with van der Waals surface area (Å²) in [6, 6.07) is 8.72. The van der Waals surface area contributed by atoms with Crippen molar-refractivity contribution >= 4 is 17.3 Å². The van der Waals surface area contributed by atoms with E-state index in [1.165, 1.54) is 28.0 Å². The van der Waals surface area contributed by atoms with E-state index in [1.807, 2.05) is 0 Å². The Morgan fingerprint density at radius 2 is 2.27 bits per heavy atom. The van der Waals surface area contributed by atoms with Gasteiger partial charge in [0.2, 0.25) is 0 Å². The lowest BCUT2D eigenvalue weighted by Crippen LogP contribution is -2.01. The molecule has 0 bridgehead atoms. The first kappa shape index (κ1) is 10.3. The van der Waals surface area contributed by atoms with Gasteiger partial charge in [-0.05, 0) is 54.4 Å². The molecule has 0 amide bonds. The second-order valence-electron chi connectivity index (χ2n) is 3.68. The lowest BCUT2D eigenvalue weighted by atomic mass is 9.87. The molecular weight excluding hydrogens is 202 g/mol. The SMILES string of the molecule is CSc1ccc2c(c1)C(=CC#N)CCC2. The highest BCUT2D eigenvalue weighted by molar-refractivity contribution is 7.98. The predicted octanol–water partition coefficient (Wildman–Crippen LogP) is 3.65. The Balaban J connectivity index is 2.49. The Labute approximate surface area is 94.8 Å². The summed E-state index contributed by atoms with van der Waals surface area (Å²) in [4.78, 5) is 1.28. The summed E-state index contributed by atoms with van der Waals surface area (Å²) >= 11 is 1.75. The highest BCUT2D eigenvalue weighted by Gasteiger charge is 2.13. The minimum atomic E-state index is 1.04. The first-order valence-electron chi connectivity index (χ1n) is 5.11. The second kappa shape index (κ2) is 4.55. The van der Waals surface area contributed by atoms with Crippen LogP contribution in [0.2, 0.25) is 0 Å². The van der Waals surface area contributed by atoms with Gasteiger partial charge in [0, 0.05) is 11.0 Å². The van der Waals surface area contributed by atoms with Crippen molar-refractivity contribution < 1.29 is 0 Å². The molecule has 0 spiro atoms. The maximum atomic E-state index is 8.74. The average Bonchev–Trinajstić information content (AvgIpc) is 2.29. The van der Waals surface area contributed by atoms with E-state index in [4.69, 9.17) is 5.26 Å². The minimum absolute atomic E-state index is 1.04. The van der Waals surface area contributed by atoms with Gasteiger partial charge in [-0.15, -0.1) is 11.8 Å². The maximum absolute atomic E-state index is 8.74. The van der Waals surface area contributed by atoms with Crippen molar-refractivity contribution in [2.45, 2.75) is 24.2 Å². The van der Waals surface area contributed by atoms with Gasteiger partial charge >= 0.3 is 0 Å². The molecule has 0 N–H and O–H groups in total. The second-order valence-corrected chi connectivity index (χ2v) is 4.55. The van der Waals surface area contributed by atoms with E-state index >= 15 is 0 Å². The number of aryl methyl sites for hydroxylation is 1. The van der Waals surface area contributed by atoms with E-state index in [9.17, 15) is 0 Å². The molecule has 0 aliphatic heterocycles. The van der Waals surface area contributed by atoms with E-state index in [2.05, 4.69) is 30.5 Å². The fourth-order valence-electron chi connectivity index (χ4n) is 2.03. The third-order valence-corrected chi connectivity index (χ3v) is 3.52. The number of rotatable bonds is 1. The van der Waals surface area contributed by atoms with Gasteiger partial charge < -0.3 is 0 Å². The van der Waals surface area contributed by atoms with Crippen molar-refractivity contribution in [2.75, 3.05) is 6.26 Å². The van der Waals surface area contributed by atoms with Crippen LogP contribution in [0.1, 0.15) is 24.0 Å². The molecule has 15 heavy (non-hydrogen) atoms. The molecule has 0 radical (unpaired) electrons. The van der Waals surface area contributed by atoms with E-state index < -0.39 is 0 Å². The number of hydrogen-bond acceptors (Lipinski definition) is 2. The van der Waals surface area contributed by atoms with E-state index in [0.29, 0.717) is 0 Å².